The van der Waals surface area contributed by atoms with Crippen LogP contribution in [0.25, 0.3) is 10.9 Å². The molecule has 7 rings (SSSR count). The number of ether oxygens (including phenoxy) is 3. The second kappa shape index (κ2) is 9.01. The lowest BCUT2D eigenvalue weighted by atomic mass is 9.41. The van der Waals surface area contributed by atoms with E-state index in [0.717, 1.165) is 17.6 Å². The minimum atomic E-state index is -1.67. The van der Waals surface area contributed by atoms with E-state index in [1.807, 2.05) is 33.8 Å². The van der Waals surface area contributed by atoms with Crippen LogP contribution in [0.3, 0.4) is 0 Å². The molecule has 9 heteroatoms. The molecule has 0 radical (unpaired) electrons. The molecular weight excluding hydrogens is 548 g/mol. The number of H-pyrrole nitrogens is 1. The molecule has 9 nitrogen and oxygen atoms in total. The molecule has 1 unspecified atom stereocenters. The first-order valence-electron chi connectivity index (χ1n) is 15.6. The number of fused-ring (bicyclic) bond motifs is 9. The Bertz CT molecular complexity index is 1560. The molecule has 1 saturated heterocycles. The second-order valence-electron chi connectivity index (χ2n) is 15.1. The highest BCUT2D eigenvalue weighted by molar-refractivity contribution is 5.97. The summed E-state index contributed by atoms with van der Waals surface area (Å²) in [6, 6.07) is 8.32. The zero-order valence-corrected chi connectivity index (χ0v) is 26.0. The summed E-state index contributed by atoms with van der Waals surface area (Å²) in [7, 11) is 0. The van der Waals surface area contributed by atoms with Gasteiger partial charge in [0, 0.05) is 51.6 Å². The standard InChI is InChI=1S/C34H44N2O7/c1-29(2,13-14-37)36-26(39)18-41-25-16-19-15-21-20-9-7-8-10-22(20)35-27(21)32(19,6)31(5)11-12-33-24(34(25,31)40)17-23(38)28(42-33)30(3,4)43-33/h7-10,17,19,25,28,35,37,40H,11-16,18H2,1-6H3,(H,36,39)/t19-,25+,28+,31-,32-,33?,34+/m1/s1. The summed E-state index contributed by atoms with van der Waals surface area (Å²) in [5.41, 5.74) is -0.536. The topological polar surface area (TPSA) is 130 Å². The van der Waals surface area contributed by atoms with Gasteiger partial charge in [-0.05, 0) is 77.0 Å². The maximum atomic E-state index is 13.5. The molecule has 5 aliphatic rings. The van der Waals surface area contributed by atoms with Gasteiger partial charge in [0.15, 0.2) is 17.7 Å². The predicted octanol–water partition coefficient (Wildman–Crippen LogP) is 3.59. The Kier molecular flexibility index (Phi) is 6.11. The molecule has 43 heavy (non-hydrogen) atoms. The average molecular weight is 593 g/mol. The second-order valence-corrected chi connectivity index (χ2v) is 15.1. The van der Waals surface area contributed by atoms with E-state index in [1.165, 1.54) is 10.9 Å². The molecule has 7 atom stereocenters. The van der Waals surface area contributed by atoms with Crippen LogP contribution in [-0.2, 0) is 35.6 Å². The van der Waals surface area contributed by atoms with Crippen molar-refractivity contribution in [2.24, 2.45) is 11.3 Å². The van der Waals surface area contributed by atoms with Gasteiger partial charge >= 0.3 is 0 Å². The number of amides is 1. The number of para-hydroxylation sites is 1. The fraction of sp³-hybridized carbons (Fsp3) is 0.647. The van der Waals surface area contributed by atoms with Crippen molar-refractivity contribution >= 4 is 22.6 Å². The van der Waals surface area contributed by atoms with E-state index in [-0.39, 0.29) is 30.8 Å². The van der Waals surface area contributed by atoms with Crippen molar-refractivity contribution in [1.29, 1.82) is 0 Å². The lowest BCUT2D eigenvalue weighted by molar-refractivity contribution is -0.279. The minimum Gasteiger partial charge on any atom is -0.396 e. The number of aromatic amines is 1. The Morgan fingerprint density at radius 1 is 1.19 bits per heavy atom. The normalized spacial score (nSPS) is 39.1. The molecule has 1 aromatic carbocycles. The van der Waals surface area contributed by atoms with E-state index in [2.05, 4.69) is 42.3 Å². The number of carbonyl (C=O) groups is 2. The third kappa shape index (κ3) is 3.69. The quantitative estimate of drug-likeness (QED) is 0.403. The summed E-state index contributed by atoms with van der Waals surface area (Å²) >= 11 is 0. The maximum Gasteiger partial charge on any atom is 0.246 e. The molecule has 3 fully saturated rings. The van der Waals surface area contributed by atoms with Crippen LogP contribution in [0.4, 0.5) is 0 Å². The first-order chi connectivity index (χ1) is 20.1. The molecule has 1 spiro atoms. The first-order valence-corrected chi connectivity index (χ1v) is 15.6. The largest absolute Gasteiger partial charge is 0.396 e. The molecule has 3 aliphatic carbocycles. The molecule has 2 aliphatic heterocycles. The van der Waals surface area contributed by atoms with Crippen LogP contribution in [0.1, 0.15) is 78.5 Å². The summed E-state index contributed by atoms with van der Waals surface area (Å²) in [5, 5.41) is 26.9. The number of aromatic nitrogens is 1. The molecule has 3 heterocycles. The molecule has 1 amide bonds. The highest BCUT2D eigenvalue weighted by Crippen LogP contribution is 2.72. The SMILES string of the molecule is CC(C)(CCO)NC(=O)CO[C@H]1C[C@H]2Cc3c([nH]c4ccccc34)[C@]2(C)[C@@]2(C)CCC34O[C@@H](C(=O)C=C3[C@]12O)C(C)(C)O4. The van der Waals surface area contributed by atoms with E-state index in [0.29, 0.717) is 31.3 Å². The van der Waals surface area contributed by atoms with Crippen molar-refractivity contribution in [1.82, 2.24) is 10.3 Å². The molecule has 2 aromatic rings. The predicted molar refractivity (Wildman–Crippen MR) is 159 cm³/mol. The van der Waals surface area contributed by atoms with Crippen molar-refractivity contribution in [3.63, 3.8) is 0 Å². The zero-order chi connectivity index (χ0) is 30.8. The van der Waals surface area contributed by atoms with Crippen LogP contribution in [0.5, 0.6) is 0 Å². The van der Waals surface area contributed by atoms with Gasteiger partial charge in [-0.1, -0.05) is 32.0 Å². The Morgan fingerprint density at radius 2 is 1.93 bits per heavy atom. The van der Waals surface area contributed by atoms with Gasteiger partial charge in [-0.3, -0.25) is 9.59 Å². The van der Waals surface area contributed by atoms with Gasteiger partial charge in [0.05, 0.1) is 6.10 Å². The fourth-order valence-corrected chi connectivity index (χ4v) is 9.52. The number of aliphatic hydroxyl groups is 2. The van der Waals surface area contributed by atoms with E-state index in [1.54, 1.807) is 6.08 Å². The van der Waals surface area contributed by atoms with Crippen LogP contribution in [-0.4, -0.2) is 74.8 Å². The third-order valence-corrected chi connectivity index (χ3v) is 11.9. The van der Waals surface area contributed by atoms with E-state index in [4.69, 9.17) is 14.2 Å². The number of carbonyl (C=O) groups excluding carboxylic acids is 2. The Balaban J connectivity index is 1.34. The van der Waals surface area contributed by atoms with Crippen LogP contribution in [0, 0.1) is 11.3 Å². The van der Waals surface area contributed by atoms with Crippen molar-refractivity contribution in [2.45, 2.75) is 114 Å². The number of rotatable bonds is 6. The summed E-state index contributed by atoms with van der Waals surface area (Å²) in [6.45, 7) is 11.5. The zero-order valence-electron chi connectivity index (χ0n) is 26.0. The van der Waals surface area contributed by atoms with Crippen LogP contribution in [0.15, 0.2) is 35.9 Å². The number of nitrogens with one attached hydrogen (secondary N) is 2. The lowest BCUT2D eigenvalue weighted by Gasteiger charge is -2.67. The van der Waals surface area contributed by atoms with Gasteiger partial charge in [-0.25, -0.2) is 0 Å². The highest BCUT2D eigenvalue weighted by atomic mass is 16.8. The van der Waals surface area contributed by atoms with Gasteiger partial charge in [0.2, 0.25) is 5.91 Å². The van der Waals surface area contributed by atoms with E-state index in [9.17, 15) is 19.8 Å². The fourth-order valence-electron chi connectivity index (χ4n) is 9.52. The van der Waals surface area contributed by atoms with E-state index < -0.39 is 45.6 Å². The average Bonchev–Trinajstić information content (AvgIpc) is 3.51. The van der Waals surface area contributed by atoms with Crippen molar-refractivity contribution in [2.75, 3.05) is 13.2 Å². The van der Waals surface area contributed by atoms with Crippen LogP contribution >= 0.6 is 0 Å². The summed E-state index contributed by atoms with van der Waals surface area (Å²) in [4.78, 5) is 30.4. The highest BCUT2D eigenvalue weighted by Gasteiger charge is 2.78. The van der Waals surface area contributed by atoms with Gasteiger partial charge in [-0.2, -0.15) is 0 Å². The van der Waals surface area contributed by atoms with Crippen LogP contribution in [0.2, 0.25) is 0 Å². The van der Waals surface area contributed by atoms with Gasteiger partial charge in [0.1, 0.15) is 17.8 Å². The molecule has 232 valence electrons. The van der Waals surface area contributed by atoms with Crippen LogP contribution < -0.4 is 5.32 Å². The lowest BCUT2D eigenvalue weighted by Crippen LogP contribution is -2.75. The monoisotopic (exact) mass is 592 g/mol. The minimum absolute atomic E-state index is 0.0500. The van der Waals surface area contributed by atoms with Gasteiger partial charge in [-0.15, -0.1) is 0 Å². The maximum absolute atomic E-state index is 13.5. The number of aliphatic hydroxyl groups excluding tert-OH is 1. The number of benzene rings is 1. The third-order valence-electron chi connectivity index (χ3n) is 11.9. The smallest absolute Gasteiger partial charge is 0.246 e. The molecule has 4 N–H and O–H groups in total. The Hall–Kier alpha value is -2.56. The van der Waals surface area contributed by atoms with E-state index >= 15 is 0 Å². The van der Waals surface area contributed by atoms with Gasteiger partial charge < -0.3 is 34.7 Å². The van der Waals surface area contributed by atoms with Crippen molar-refractivity contribution < 1.29 is 34.0 Å². The summed E-state index contributed by atoms with van der Waals surface area (Å²) in [5.74, 6) is -1.66. The summed E-state index contributed by atoms with van der Waals surface area (Å²) < 4.78 is 19.5. The number of hydrogen-bond acceptors (Lipinski definition) is 7. The summed E-state index contributed by atoms with van der Waals surface area (Å²) in [6.07, 6.45) is 2.79. The Labute approximate surface area is 252 Å². The molecule has 2 saturated carbocycles. The molecular formula is C34H44N2O7. The number of ketones is 1. The molecule has 1 aromatic heterocycles. The first kappa shape index (κ1) is 29.2. The van der Waals surface area contributed by atoms with Gasteiger partial charge in [0.25, 0.3) is 0 Å². The van der Waals surface area contributed by atoms with Crippen molar-refractivity contribution in [3.8, 4) is 0 Å². The number of hydrogen-bond donors (Lipinski definition) is 4. The molecule has 2 bridgehead atoms. The van der Waals surface area contributed by atoms with Crippen molar-refractivity contribution in [3.05, 3.63) is 47.2 Å². The Morgan fingerprint density at radius 3 is 2.67 bits per heavy atom.